The molecular formula is C23H20F3N3O4S. The van der Waals surface area contributed by atoms with Crippen LogP contribution in [-0.2, 0) is 21.4 Å². The average Bonchev–Trinajstić information content (AvgIpc) is 3.59. The number of aromatic nitrogens is 1. The first-order valence-corrected chi connectivity index (χ1v) is 11.7. The van der Waals surface area contributed by atoms with Crippen LogP contribution in [0.15, 0.2) is 78.0 Å². The first-order valence-electron chi connectivity index (χ1n) is 10.3. The van der Waals surface area contributed by atoms with Gasteiger partial charge in [0.05, 0.1) is 4.90 Å². The summed E-state index contributed by atoms with van der Waals surface area (Å²) in [4.78, 5) is 16.4. The fourth-order valence-electron chi connectivity index (χ4n) is 3.53. The molecule has 0 bridgehead atoms. The molecule has 1 saturated carbocycles. The number of alkyl halides is 3. The van der Waals surface area contributed by atoms with Gasteiger partial charge in [-0.3, -0.25) is 9.78 Å². The van der Waals surface area contributed by atoms with Gasteiger partial charge in [-0.15, -0.1) is 13.2 Å². The van der Waals surface area contributed by atoms with E-state index in [0.717, 1.165) is 24.1 Å². The van der Waals surface area contributed by atoms with Gasteiger partial charge in [-0.2, -0.15) is 0 Å². The highest BCUT2D eigenvalue weighted by Gasteiger charge is 2.43. The molecule has 0 radical (unpaired) electrons. The zero-order chi connectivity index (χ0) is 24.3. The minimum atomic E-state index is -4.84. The fourth-order valence-corrected chi connectivity index (χ4v) is 4.55. The van der Waals surface area contributed by atoms with Gasteiger partial charge in [0.15, 0.2) is 0 Å². The number of amides is 1. The standard InChI is InChI=1S/C23H20F3N3O4S/c24-23(25,26)33-18-3-1-2-15(12-18)14-28-34(31,32)19-6-4-17(5-7-19)29-22(30)21-13-20(21)16-8-10-27-11-9-16/h1-12,20-21,28H,13-14H2,(H,29,30). The number of nitrogens with one attached hydrogen (secondary N) is 2. The predicted molar refractivity (Wildman–Crippen MR) is 117 cm³/mol. The number of rotatable bonds is 8. The van der Waals surface area contributed by atoms with Crippen LogP contribution in [0.2, 0.25) is 0 Å². The van der Waals surface area contributed by atoms with E-state index in [1.165, 1.54) is 36.4 Å². The summed E-state index contributed by atoms with van der Waals surface area (Å²) >= 11 is 0. The van der Waals surface area contributed by atoms with Crippen molar-refractivity contribution in [1.29, 1.82) is 0 Å². The normalized spacial score (nSPS) is 17.7. The zero-order valence-electron chi connectivity index (χ0n) is 17.6. The summed E-state index contributed by atoms with van der Waals surface area (Å²) in [7, 11) is -3.93. The van der Waals surface area contributed by atoms with E-state index in [2.05, 4.69) is 19.8 Å². The molecular weight excluding hydrogens is 471 g/mol. The minimum Gasteiger partial charge on any atom is -0.406 e. The molecule has 0 spiro atoms. The number of nitrogens with zero attached hydrogens (tertiary/aromatic N) is 1. The molecule has 0 saturated heterocycles. The third-order valence-corrected chi connectivity index (χ3v) is 6.71. The fraction of sp³-hybridized carbons (Fsp3) is 0.217. The molecule has 11 heteroatoms. The second-order valence-corrected chi connectivity index (χ2v) is 9.53. The minimum absolute atomic E-state index is 0.0470. The van der Waals surface area contributed by atoms with Crippen LogP contribution < -0.4 is 14.8 Å². The summed E-state index contributed by atoms with van der Waals surface area (Å²) in [6.07, 6.45) is -0.734. The van der Waals surface area contributed by atoms with Crippen LogP contribution >= 0.6 is 0 Å². The van der Waals surface area contributed by atoms with Gasteiger partial charge in [-0.1, -0.05) is 12.1 Å². The van der Waals surface area contributed by atoms with E-state index >= 15 is 0 Å². The number of hydrogen-bond acceptors (Lipinski definition) is 5. The van der Waals surface area contributed by atoms with Crippen LogP contribution in [0.25, 0.3) is 0 Å². The highest BCUT2D eigenvalue weighted by molar-refractivity contribution is 7.89. The Morgan fingerprint density at radius 1 is 1.06 bits per heavy atom. The number of hydrogen-bond donors (Lipinski definition) is 2. The van der Waals surface area contributed by atoms with E-state index in [9.17, 15) is 26.4 Å². The van der Waals surface area contributed by atoms with Gasteiger partial charge < -0.3 is 10.1 Å². The maximum Gasteiger partial charge on any atom is 0.573 e. The summed E-state index contributed by atoms with van der Waals surface area (Å²) in [5, 5.41) is 2.79. The zero-order valence-corrected chi connectivity index (χ0v) is 18.4. The Bertz CT molecular complexity index is 1270. The van der Waals surface area contributed by atoms with Crippen molar-refractivity contribution in [2.24, 2.45) is 5.92 Å². The molecule has 178 valence electrons. The number of anilines is 1. The second-order valence-electron chi connectivity index (χ2n) is 7.76. The molecule has 1 aliphatic rings. The summed E-state index contributed by atoms with van der Waals surface area (Å²) in [5.74, 6) is -0.584. The van der Waals surface area contributed by atoms with Gasteiger partial charge in [0.25, 0.3) is 0 Å². The van der Waals surface area contributed by atoms with Crippen molar-refractivity contribution in [3.63, 3.8) is 0 Å². The number of sulfonamides is 1. The molecule has 0 aliphatic heterocycles. The number of ether oxygens (including phenoxy) is 1. The van der Waals surface area contributed by atoms with Crippen LogP contribution in [0.1, 0.15) is 23.5 Å². The molecule has 2 unspecified atom stereocenters. The maximum atomic E-state index is 12.6. The molecule has 34 heavy (non-hydrogen) atoms. The maximum absolute atomic E-state index is 12.6. The predicted octanol–water partition coefficient (Wildman–Crippen LogP) is 4.20. The molecule has 2 aromatic carbocycles. The van der Waals surface area contributed by atoms with Crippen molar-refractivity contribution in [3.05, 3.63) is 84.2 Å². The molecule has 1 amide bonds. The van der Waals surface area contributed by atoms with Gasteiger partial charge in [-0.25, -0.2) is 13.1 Å². The lowest BCUT2D eigenvalue weighted by atomic mass is 10.1. The van der Waals surface area contributed by atoms with Gasteiger partial charge >= 0.3 is 6.36 Å². The Hall–Kier alpha value is -3.44. The molecule has 2 N–H and O–H groups in total. The highest BCUT2D eigenvalue weighted by atomic mass is 32.2. The molecule has 1 heterocycles. The third-order valence-electron chi connectivity index (χ3n) is 5.29. The Morgan fingerprint density at radius 3 is 2.44 bits per heavy atom. The number of pyridine rings is 1. The van der Waals surface area contributed by atoms with Crippen LogP contribution in [0.3, 0.4) is 0 Å². The van der Waals surface area contributed by atoms with E-state index < -0.39 is 22.1 Å². The van der Waals surface area contributed by atoms with Crippen LogP contribution in [0.4, 0.5) is 18.9 Å². The first-order chi connectivity index (χ1) is 16.1. The van der Waals surface area contributed by atoms with E-state index in [4.69, 9.17) is 0 Å². The van der Waals surface area contributed by atoms with E-state index in [0.29, 0.717) is 11.3 Å². The van der Waals surface area contributed by atoms with Crippen molar-refractivity contribution in [3.8, 4) is 5.75 Å². The molecule has 7 nitrogen and oxygen atoms in total. The van der Waals surface area contributed by atoms with E-state index in [-0.39, 0.29) is 29.2 Å². The smallest absolute Gasteiger partial charge is 0.406 e. The monoisotopic (exact) mass is 491 g/mol. The van der Waals surface area contributed by atoms with E-state index in [1.807, 2.05) is 12.1 Å². The van der Waals surface area contributed by atoms with Crippen LogP contribution in [-0.4, -0.2) is 25.7 Å². The van der Waals surface area contributed by atoms with Crippen LogP contribution in [0, 0.1) is 5.92 Å². The molecule has 1 aromatic heterocycles. The SMILES string of the molecule is O=C(Nc1ccc(S(=O)(=O)NCc2cccc(OC(F)(F)F)c2)cc1)C1CC1c1ccncc1. The molecule has 3 aromatic rings. The van der Waals surface area contributed by atoms with Gasteiger partial charge in [0, 0.05) is 30.5 Å². The van der Waals surface area contributed by atoms with Crippen molar-refractivity contribution >= 4 is 21.6 Å². The van der Waals surface area contributed by atoms with Crippen molar-refractivity contribution < 1.29 is 31.1 Å². The summed E-state index contributed by atoms with van der Waals surface area (Å²) < 4.78 is 68.4. The largest absolute Gasteiger partial charge is 0.573 e. The Kier molecular flexibility index (Phi) is 6.58. The molecule has 1 fully saturated rings. The van der Waals surface area contributed by atoms with Gasteiger partial charge in [0.1, 0.15) is 5.75 Å². The number of carbonyl (C=O) groups is 1. The van der Waals surface area contributed by atoms with E-state index in [1.54, 1.807) is 12.4 Å². The van der Waals surface area contributed by atoms with Gasteiger partial charge in [0.2, 0.25) is 15.9 Å². The lowest BCUT2D eigenvalue weighted by molar-refractivity contribution is -0.274. The highest BCUT2D eigenvalue weighted by Crippen LogP contribution is 2.47. The Morgan fingerprint density at radius 2 is 1.76 bits per heavy atom. The van der Waals surface area contributed by atoms with Crippen molar-refractivity contribution in [2.45, 2.75) is 30.1 Å². The number of benzene rings is 2. The lowest BCUT2D eigenvalue weighted by Crippen LogP contribution is -2.23. The first kappa shape index (κ1) is 23.7. The lowest BCUT2D eigenvalue weighted by Gasteiger charge is -2.11. The van der Waals surface area contributed by atoms with Crippen molar-refractivity contribution in [2.75, 3.05) is 5.32 Å². The van der Waals surface area contributed by atoms with Gasteiger partial charge in [-0.05, 0) is 72.0 Å². The Balaban J connectivity index is 1.33. The second kappa shape index (κ2) is 9.43. The number of halogens is 3. The summed E-state index contributed by atoms with van der Waals surface area (Å²) in [6, 6.07) is 14.4. The quantitative estimate of drug-likeness (QED) is 0.492. The Labute approximate surface area is 194 Å². The molecule has 2 atom stereocenters. The topological polar surface area (TPSA) is 97.4 Å². The number of carbonyl (C=O) groups excluding carboxylic acids is 1. The molecule has 4 rings (SSSR count). The van der Waals surface area contributed by atoms with Crippen molar-refractivity contribution in [1.82, 2.24) is 9.71 Å². The summed E-state index contributed by atoms with van der Waals surface area (Å²) in [6.45, 7) is -0.228. The van der Waals surface area contributed by atoms with Crippen LogP contribution in [0.5, 0.6) is 5.75 Å². The summed E-state index contributed by atoms with van der Waals surface area (Å²) in [5.41, 5.74) is 1.81. The average molecular weight is 491 g/mol. The third kappa shape index (κ3) is 6.12. The molecule has 1 aliphatic carbocycles.